The van der Waals surface area contributed by atoms with Crippen LogP contribution in [-0.2, 0) is 6.61 Å². The summed E-state index contributed by atoms with van der Waals surface area (Å²) >= 11 is 0. The molecule has 0 fully saturated rings. The van der Waals surface area contributed by atoms with Gasteiger partial charge in [-0.2, -0.15) is 0 Å². The molecule has 0 saturated heterocycles. The molecule has 0 bridgehead atoms. The van der Waals surface area contributed by atoms with Gasteiger partial charge < -0.3 is 10.2 Å². The number of aromatic nitrogens is 4. The summed E-state index contributed by atoms with van der Waals surface area (Å²) < 4.78 is 1.69. The van der Waals surface area contributed by atoms with Gasteiger partial charge in [-0.1, -0.05) is 0 Å². The van der Waals surface area contributed by atoms with Gasteiger partial charge in [0.25, 0.3) is 0 Å². The molecule has 86 valence electrons. The lowest BCUT2D eigenvalue weighted by Gasteiger charge is -1.98. The molecule has 0 saturated carbocycles. The van der Waals surface area contributed by atoms with E-state index < -0.39 is 0 Å². The molecule has 6 nitrogen and oxygen atoms in total. The summed E-state index contributed by atoms with van der Waals surface area (Å²) in [7, 11) is 0. The van der Waals surface area contributed by atoms with E-state index in [-0.39, 0.29) is 12.4 Å². The van der Waals surface area contributed by atoms with Crippen molar-refractivity contribution in [2.75, 3.05) is 0 Å². The maximum absolute atomic E-state index is 9.23. The maximum Gasteiger partial charge on any atom is 0.183 e. The van der Waals surface area contributed by atoms with Crippen molar-refractivity contribution < 1.29 is 10.2 Å². The van der Waals surface area contributed by atoms with Crippen LogP contribution in [0, 0.1) is 0 Å². The second-order valence-electron chi connectivity index (χ2n) is 3.70. The lowest BCUT2D eigenvalue weighted by Crippen LogP contribution is -1.92. The van der Waals surface area contributed by atoms with E-state index in [0.29, 0.717) is 17.2 Å². The Balaban J connectivity index is 2.16. The normalized spacial score (nSPS) is 11.1. The third kappa shape index (κ3) is 1.55. The maximum atomic E-state index is 9.23. The average molecular weight is 230 g/mol. The molecule has 0 aliphatic rings. The van der Waals surface area contributed by atoms with E-state index in [1.54, 1.807) is 34.8 Å². The van der Waals surface area contributed by atoms with Gasteiger partial charge in [0.05, 0.1) is 12.3 Å². The minimum absolute atomic E-state index is 0.0711. The summed E-state index contributed by atoms with van der Waals surface area (Å²) in [6.45, 7) is -0.0711. The highest BCUT2D eigenvalue weighted by molar-refractivity contribution is 5.59. The van der Waals surface area contributed by atoms with Crippen LogP contribution in [0.15, 0.2) is 30.3 Å². The Hall–Kier alpha value is -2.34. The number of phenols is 1. The van der Waals surface area contributed by atoms with Crippen LogP contribution in [0.25, 0.3) is 17.0 Å². The van der Waals surface area contributed by atoms with Gasteiger partial charge in [-0.15, -0.1) is 10.2 Å². The predicted molar refractivity (Wildman–Crippen MR) is 60.4 cm³/mol. The Kier molecular flexibility index (Phi) is 2.09. The van der Waals surface area contributed by atoms with Crippen molar-refractivity contribution in [2.24, 2.45) is 0 Å². The van der Waals surface area contributed by atoms with Gasteiger partial charge in [0.2, 0.25) is 0 Å². The fraction of sp³-hybridized carbons (Fsp3) is 0.0909. The van der Waals surface area contributed by atoms with Gasteiger partial charge in [-0.05, 0) is 24.3 Å². The molecule has 2 heterocycles. The van der Waals surface area contributed by atoms with E-state index in [0.717, 1.165) is 5.56 Å². The van der Waals surface area contributed by atoms with Gasteiger partial charge in [-0.3, -0.25) is 5.10 Å². The lowest BCUT2D eigenvalue weighted by molar-refractivity contribution is 0.276. The predicted octanol–water partition coefficient (Wildman–Crippen LogP) is 0.922. The number of H-pyrrole nitrogens is 1. The largest absolute Gasteiger partial charge is 0.508 e. The van der Waals surface area contributed by atoms with Gasteiger partial charge in [0.15, 0.2) is 11.5 Å². The number of aliphatic hydroxyl groups is 1. The first-order valence-electron chi connectivity index (χ1n) is 5.11. The molecule has 0 atom stereocenters. The molecule has 1 aromatic carbocycles. The molecule has 0 aliphatic heterocycles. The van der Waals surface area contributed by atoms with Gasteiger partial charge in [0.1, 0.15) is 5.75 Å². The van der Waals surface area contributed by atoms with E-state index in [2.05, 4.69) is 15.3 Å². The standard InChI is InChI=1S/C11H10N4O2/c16-6-8-5-10-12-13-11(15(10)14-8)7-1-3-9(17)4-2-7/h1-5,14,16-17H,6H2. The SMILES string of the molecule is OCc1cc2nnc(-c3ccc(O)cc3)n2[nH]1. The zero-order chi connectivity index (χ0) is 11.8. The lowest BCUT2D eigenvalue weighted by atomic mass is 10.2. The van der Waals surface area contributed by atoms with Crippen molar-refractivity contribution in [2.45, 2.75) is 6.61 Å². The van der Waals surface area contributed by atoms with Gasteiger partial charge in [0, 0.05) is 11.6 Å². The summed E-state index contributed by atoms with van der Waals surface area (Å²) in [6, 6.07) is 8.42. The summed E-state index contributed by atoms with van der Waals surface area (Å²) in [5, 5.41) is 29.3. The Labute approximate surface area is 96.1 Å². The van der Waals surface area contributed by atoms with Crippen LogP contribution >= 0.6 is 0 Å². The second-order valence-corrected chi connectivity index (χ2v) is 3.70. The Morgan fingerprint density at radius 1 is 1.18 bits per heavy atom. The number of phenolic OH excluding ortho intramolecular Hbond substituents is 1. The molecule has 2 aromatic heterocycles. The highest BCUT2D eigenvalue weighted by Crippen LogP contribution is 2.20. The van der Waals surface area contributed by atoms with Crippen molar-refractivity contribution >= 4 is 5.65 Å². The number of nitrogens with zero attached hydrogens (tertiary/aromatic N) is 3. The van der Waals surface area contributed by atoms with Crippen LogP contribution in [0.5, 0.6) is 5.75 Å². The Morgan fingerprint density at radius 3 is 2.65 bits per heavy atom. The van der Waals surface area contributed by atoms with Crippen LogP contribution in [-0.4, -0.2) is 30.0 Å². The number of aromatic hydroxyl groups is 1. The minimum Gasteiger partial charge on any atom is -0.508 e. The van der Waals surface area contributed by atoms with Gasteiger partial charge in [-0.25, -0.2) is 4.52 Å². The first-order chi connectivity index (χ1) is 8.28. The van der Waals surface area contributed by atoms with Crippen molar-refractivity contribution in [3.05, 3.63) is 36.0 Å². The molecule has 6 heteroatoms. The molecule has 17 heavy (non-hydrogen) atoms. The van der Waals surface area contributed by atoms with E-state index in [1.165, 1.54) is 0 Å². The monoisotopic (exact) mass is 230 g/mol. The molecule has 3 rings (SSSR count). The van der Waals surface area contributed by atoms with Crippen LogP contribution in [0.1, 0.15) is 5.69 Å². The highest BCUT2D eigenvalue weighted by atomic mass is 16.3. The number of fused-ring (bicyclic) bond motifs is 1. The van der Waals surface area contributed by atoms with Crippen molar-refractivity contribution in [3.63, 3.8) is 0 Å². The van der Waals surface area contributed by atoms with Crippen LogP contribution < -0.4 is 0 Å². The first kappa shape index (κ1) is 9.86. The quantitative estimate of drug-likeness (QED) is 0.611. The zero-order valence-corrected chi connectivity index (χ0v) is 8.83. The molecule has 0 spiro atoms. The highest BCUT2D eigenvalue weighted by Gasteiger charge is 2.10. The zero-order valence-electron chi connectivity index (χ0n) is 8.83. The molecule has 3 N–H and O–H groups in total. The topological polar surface area (TPSA) is 86.4 Å². The van der Waals surface area contributed by atoms with Crippen LogP contribution in [0.3, 0.4) is 0 Å². The van der Waals surface area contributed by atoms with Gasteiger partial charge >= 0.3 is 0 Å². The van der Waals surface area contributed by atoms with Crippen molar-refractivity contribution in [1.82, 2.24) is 19.8 Å². The van der Waals surface area contributed by atoms with Crippen LogP contribution in [0.2, 0.25) is 0 Å². The number of aliphatic hydroxyl groups excluding tert-OH is 1. The number of hydrogen-bond donors (Lipinski definition) is 3. The summed E-state index contributed by atoms with van der Waals surface area (Å²) in [5.74, 6) is 0.844. The number of nitrogens with one attached hydrogen (secondary N) is 1. The minimum atomic E-state index is -0.0711. The van der Waals surface area contributed by atoms with E-state index >= 15 is 0 Å². The van der Waals surface area contributed by atoms with Crippen LogP contribution in [0.4, 0.5) is 0 Å². The number of hydrogen-bond acceptors (Lipinski definition) is 4. The second kappa shape index (κ2) is 3.60. The summed E-state index contributed by atoms with van der Waals surface area (Å²) in [4.78, 5) is 0. The number of benzene rings is 1. The van der Waals surface area contributed by atoms with Crippen molar-refractivity contribution in [1.29, 1.82) is 0 Å². The molecule has 0 amide bonds. The molecule has 0 aliphatic carbocycles. The van der Waals surface area contributed by atoms with E-state index in [1.807, 2.05) is 0 Å². The van der Waals surface area contributed by atoms with E-state index in [9.17, 15) is 5.11 Å². The molecule has 0 unspecified atom stereocenters. The number of rotatable bonds is 2. The first-order valence-corrected chi connectivity index (χ1v) is 5.11. The molecule has 0 radical (unpaired) electrons. The van der Waals surface area contributed by atoms with E-state index in [4.69, 9.17) is 5.11 Å². The fourth-order valence-electron chi connectivity index (χ4n) is 1.71. The third-order valence-corrected chi connectivity index (χ3v) is 2.54. The smallest absolute Gasteiger partial charge is 0.183 e. The van der Waals surface area contributed by atoms with Crippen molar-refractivity contribution in [3.8, 4) is 17.1 Å². The Bertz CT molecular complexity index is 654. The molecular formula is C11H10N4O2. The molecule has 3 aromatic rings. The summed E-state index contributed by atoms with van der Waals surface area (Å²) in [5.41, 5.74) is 2.16. The fourth-order valence-corrected chi connectivity index (χ4v) is 1.71. The molecular weight excluding hydrogens is 220 g/mol. The summed E-state index contributed by atoms with van der Waals surface area (Å²) in [6.07, 6.45) is 0. The third-order valence-electron chi connectivity index (χ3n) is 2.54. The number of aromatic amines is 1. The average Bonchev–Trinajstić information content (AvgIpc) is 2.89. The Morgan fingerprint density at radius 2 is 1.94 bits per heavy atom.